The van der Waals surface area contributed by atoms with E-state index in [0.29, 0.717) is 0 Å². The Bertz CT molecular complexity index is 1740. The van der Waals surface area contributed by atoms with Gasteiger partial charge < -0.3 is 0 Å². The van der Waals surface area contributed by atoms with Crippen molar-refractivity contribution in [1.82, 2.24) is 19.9 Å². The summed E-state index contributed by atoms with van der Waals surface area (Å²) in [6.07, 6.45) is 27.7. The molecule has 0 bridgehead atoms. The van der Waals surface area contributed by atoms with Gasteiger partial charge in [0.1, 0.15) is 0 Å². The van der Waals surface area contributed by atoms with Crippen LogP contribution in [0.4, 0.5) is 0 Å². The minimum absolute atomic E-state index is 0.856. The van der Waals surface area contributed by atoms with Crippen molar-refractivity contribution in [2.75, 3.05) is 0 Å². The van der Waals surface area contributed by atoms with E-state index in [1.165, 1.54) is 44.5 Å². The van der Waals surface area contributed by atoms with Crippen LogP contribution in [-0.2, 0) is 25.7 Å². The van der Waals surface area contributed by atoms with Crippen LogP contribution >= 0.6 is 0 Å². The maximum atomic E-state index is 4.47. The second kappa shape index (κ2) is 20.0. The van der Waals surface area contributed by atoms with E-state index < -0.39 is 0 Å². The maximum Gasteiger partial charge on any atom is 0.0813 e. The molecule has 2 aromatic heterocycles. The van der Waals surface area contributed by atoms with Gasteiger partial charge in [0, 0.05) is 0 Å². The van der Waals surface area contributed by atoms with Gasteiger partial charge >= 0.3 is 0 Å². The van der Waals surface area contributed by atoms with E-state index in [4.69, 9.17) is 0 Å². The molecule has 0 spiro atoms. The second-order valence-corrected chi connectivity index (χ2v) is 12.4. The molecule has 0 atom stereocenters. The Balaban J connectivity index is 0.000000201. The van der Waals surface area contributed by atoms with Gasteiger partial charge in [-0.05, 0) is 94.5 Å². The predicted molar refractivity (Wildman–Crippen MR) is 223 cm³/mol. The lowest BCUT2D eigenvalue weighted by Crippen LogP contribution is -1.87. The van der Waals surface area contributed by atoms with E-state index in [0.717, 1.165) is 48.5 Å². The average molecular weight is 681 g/mol. The van der Waals surface area contributed by atoms with Gasteiger partial charge in [0.15, 0.2) is 0 Å². The average Bonchev–Trinajstić information content (AvgIpc) is 3.22. The highest BCUT2D eigenvalue weighted by Gasteiger charge is 1.97. The number of hydrogen-bond donors (Lipinski definition) is 0. The first-order valence-corrected chi connectivity index (χ1v) is 18.3. The van der Waals surface area contributed by atoms with Crippen molar-refractivity contribution in [1.29, 1.82) is 0 Å². The molecule has 0 aliphatic rings. The highest BCUT2D eigenvalue weighted by molar-refractivity contribution is 5.71. The van der Waals surface area contributed by atoms with Crippen LogP contribution in [0.15, 0.2) is 122 Å². The third kappa shape index (κ3) is 12.1. The molecule has 6 aromatic rings. The maximum absolute atomic E-state index is 4.47. The molecule has 260 valence electrons. The minimum atomic E-state index is 0.856. The zero-order valence-corrected chi connectivity index (χ0v) is 30.8. The first-order chi connectivity index (χ1) is 25.5. The van der Waals surface area contributed by atoms with Crippen molar-refractivity contribution in [3.8, 4) is 0 Å². The van der Waals surface area contributed by atoms with E-state index >= 15 is 0 Å². The van der Waals surface area contributed by atoms with Gasteiger partial charge in [0.2, 0.25) is 0 Å². The minimum Gasteiger partial charge on any atom is -0.253 e. The van der Waals surface area contributed by atoms with E-state index in [1.807, 2.05) is 24.3 Å². The summed E-state index contributed by atoms with van der Waals surface area (Å²) >= 11 is 0. The molecule has 4 heteroatoms. The Kier molecular flexibility index (Phi) is 14.3. The van der Waals surface area contributed by atoms with Crippen LogP contribution in [0.2, 0.25) is 0 Å². The molecule has 0 radical (unpaired) electrons. The van der Waals surface area contributed by atoms with Crippen molar-refractivity contribution in [2.45, 2.75) is 53.4 Å². The second-order valence-electron chi connectivity index (χ2n) is 12.4. The number of benzene rings is 4. The topological polar surface area (TPSA) is 51.6 Å². The first-order valence-electron chi connectivity index (χ1n) is 18.3. The molecule has 52 heavy (non-hydrogen) atoms. The van der Waals surface area contributed by atoms with Crippen LogP contribution in [0, 0.1) is 0 Å². The number of aryl methyl sites for hydroxylation is 4. The SMILES string of the molecule is CCc1ccc(C=Cc2cnc(C=Cc3ccc(CC)cc3)cn2)cc1.CCc1ccc(C=Cc2cnc(C=Cc3ccc(CC)cc3)cn2)cc1. The highest BCUT2D eigenvalue weighted by Crippen LogP contribution is 2.13. The third-order valence-corrected chi connectivity index (χ3v) is 8.72. The van der Waals surface area contributed by atoms with Gasteiger partial charge in [-0.3, -0.25) is 19.9 Å². The molecule has 0 N–H and O–H groups in total. The van der Waals surface area contributed by atoms with Gasteiger partial charge in [-0.15, -0.1) is 0 Å². The van der Waals surface area contributed by atoms with Gasteiger partial charge in [-0.2, -0.15) is 0 Å². The van der Waals surface area contributed by atoms with Crippen molar-refractivity contribution >= 4 is 48.6 Å². The molecule has 0 aliphatic heterocycles. The molecule has 0 aliphatic carbocycles. The van der Waals surface area contributed by atoms with E-state index in [1.54, 1.807) is 24.8 Å². The van der Waals surface area contributed by atoms with Crippen molar-refractivity contribution in [3.05, 3.63) is 189 Å². The molecule has 0 amide bonds. The Morgan fingerprint density at radius 1 is 0.288 bits per heavy atom. The summed E-state index contributed by atoms with van der Waals surface area (Å²) in [7, 11) is 0. The normalized spacial score (nSPS) is 11.5. The van der Waals surface area contributed by atoms with E-state index in [-0.39, 0.29) is 0 Å². The van der Waals surface area contributed by atoms with Crippen LogP contribution in [-0.4, -0.2) is 19.9 Å². The fourth-order valence-electron chi connectivity index (χ4n) is 5.22. The molecular formula is C48H48N4. The molecule has 2 heterocycles. The zero-order valence-electron chi connectivity index (χ0n) is 30.8. The number of rotatable bonds is 12. The van der Waals surface area contributed by atoms with Gasteiger partial charge in [-0.25, -0.2) is 0 Å². The molecule has 4 aromatic carbocycles. The quantitative estimate of drug-likeness (QED) is 0.129. The summed E-state index contributed by atoms with van der Waals surface area (Å²) in [6, 6.07) is 34.3. The van der Waals surface area contributed by atoms with Gasteiger partial charge in [0.25, 0.3) is 0 Å². The van der Waals surface area contributed by atoms with Crippen molar-refractivity contribution in [3.63, 3.8) is 0 Å². The standard InChI is InChI=1S/2C24H24N2/c2*1-3-19-5-9-21(10-6-19)13-15-23-17-26-24(18-25-23)16-14-22-11-7-20(4-2)8-12-22/h2*5-18H,3-4H2,1-2H3. The summed E-state index contributed by atoms with van der Waals surface area (Å²) in [6.45, 7) is 8.65. The molecule has 4 nitrogen and oxygen atoms in total. The zero-order chi connectivity index (χ0) is 36.4. The lowest BCUT2D eigenvalue weighted by atomic mass is 10.1. The molecule has 0 saturated carbocycles. The molecule has 6 rings (SSSR count). The molecule has 0 unspecified atom stereocenters. The summed E-state index contributed by atoms with van der Waals surface area (Å²) in [5.41, 5.74) is 13.5. The lowest BCUT2D eigenvalue weighted by Gasteiger charge is -1.99. The van der Waals surface area contributed by atoms with Crippen LogP contribution < -0.4 is 0 Å². The third-order valence-electron chi connectivity index (χ3n) is 8.72. The van der Waals surface area contributed by atoms with Crippen LogP contribution in [0.1, 0.15) is 95.0 Å². The lowest BCUT2D eigenvalue weighted by molar-refractivity contribution is 1.14. The summed E-state index contributed by atoms with van der Waals surface area (Å²) < 4.78 is 0. The fraction of sp³-hybridized carbons (Fsp3) is 0.167. The van der Waals surface area contributed by atoms with Crippen LogP contribution in [0.5, 0.6) is 0 Å². The monoisotopic (exact) mass is 680 g/mol. The van der Waals surface area contributed by atoms with Crippen LogP contribution in [0.25, 0.3) is 48.6 Å². The highest BCUT2D eigenvalue weighted by atomic mass is 14.8. The predicted octanol–water partition coefficient (Wildman–Crippen LogP) is 11.9. The largest absolute Gasteiger partial charge is 0.253 e. The smallest absolute Gasteiger partial charge is 0.0813 e. The summed E-state index contributed by atoms with van der Waals surface area (Å²) in [5.74, 6) is 0. The summed E-state index contributed by atoms with van der Waals surface area (Å²) in [4.78, 5) is 17.9. The molecule has 0 saturated heterocycles. The van der Waals surface area contributed by atoms with E-state index in [2.05, 4.69) is 169 Å². The Labute approximate surface area is 310 Å². The van der Waals surface area contributed by atoms with E-state index in [9.17, 15) is 0 Å². The number of aromatic nitrogens is 4. The van der Waals surface area contributed by atoms with Gasteiger partial charge in [-0.1, -0.05) is 149 Å². The number of nitrogens with zero attached hydrogens (tertiary/aromatic N) is 4. The first kappa shape index (κ1) is 37.3. The fourth-order valence-corrected chi connectivity index (χ4v) is 5.22. The number of hydrogen-bond acceptors (Lipinski definition) is 4. The van der Waals surface area contributed by atoms with Crippen molar-refractivity contribution in [2.24, 2.45) is 0 Å². The molecule has 0 fully saturated rings. The van der Waals surface area contributed by atoms with Crippen molar-refractivity contribution < 1.29 is 0 Å². The Hall–Kier alpha value is -6.00. The van der Waals surface area contributed by atoms with Gasteiger partial charge in [0.05, 0.1) is 47.6 Å². The van der Waals surface area contributed by atoms with Crippen LogP contribution in [0.3, 0.4) is 0 Å². The summed E-state index contributed by atoms with van der Waals surface area (Å²) in [5, 5.41) is 0. The molecular weight excluding hydrogens is 633 g/mol. The Morgan fingerprint density at radius 2 is 0.481 bits per heavy atom. The Morgan fingerprint density at radius 3 is 0.635 bits per heavy atom.